The van der Waals surface area contributed by atoms with Gasteiger partial charge in [-0.25, -0.2) is 9.78 Å². The van der Waals surface area contributed by atoms with Crippen LogP contribution in [0.1, 0.15) is 20.8 Å². The Bertz CT molecular complexity index is 786. The molecule has 2 aromatic rings. The maximum absolute atomic E-state index is 12.4. The minimum absolute atomic E-state index is 0.0358. The highest BCUT2D eigenvalue weighted by Gasteiger charge is 2.33. The lowest BCUT2D eigenvalue weighted by Gasteiger charge is -2.39. The fraction of sp³-hybridized carbons (Fsp3) is 0.471. The zero-order valence-corrected chi connectivity index (χ0v) is 13.7. The zero-order valence-electron chi connectivity index (χ0n) is 13.7. The van der Waals surface area contributed by atoms with Crippen LogP contribution in [0.2, 0.25) is 0 Å². The van der Waals surface area contributed by atoms with Gasteiger partial charge in [-0.1, -0.05) is 12.1 Å². The third-order valence-corrected chi connectivity index (χ3v) is 3.80. The summed E-state index contributed by atoms with van der Waals surface area (Å²) >= 11 is 0. The van der Waals surface area contributed by atoms with Crippen molar-refractivity contribution in [2.75, 3.05) is 13.1 Å². The van der Waals surface area contributed by atoms with E-state index in [-0.39, 0.29) is 17.6 Å². The van der Waals surface area contributed by atoms with Crippen molar-refractivity contribution < 1.29 is 9.53 Å². The minimum Gasteiger partial charge on any atom is -0.444 e. The molecule has 23 heavy (non-hydrogen) atoms. The van der Waals surface area contributed by atoms with Crippen LogP contribution in [-0.4, -0.2) is 39.2 Å². The van der Waals surface area contributed by atoms with Crippen LogP contribution >= 0.6 is 0 Å². The first-order chi connectivity index (χ1) is 10.8. The number of ether oxygens (including phenoxy) is 1. The number of benzene rings is 1. The summed E-state index contributed by atoms with van der Waals surface area (Å²) in [5.74, 6) is 0.253. The van der Waals surface area contributed by atoms with Crippen LogP contribution in [0, 0.1) is 5.92 Å². The third-order valence-electron chi connectivity index (χ3n) is 3.80. The van der Waals surface area contributed by atoms with Crippen molar-refractivity contribution in [2.45, 2.75) is 32.9 Å². The van der Waals surface area contributed by atoms with E-state index in [1.807, 2.05) is 39.0 Å². The molecule has 0 saturated carbocycles. The van der Waals surface area contributed by atoms with Crippen LogP contribution in [0.4, 0.5) is 4.79 Å². The average molecular weight is 315 g/mol. The zero-order chi connectivity index (χ0) is 16.6. The maximum Gasteiger partial charge on any atom is 0.410 e. The second kappa shape index (κ2) is 5.68. The smallest absolute Gasteiger partial charge is 0.410 e. The van der Waals surface area contributed by atoms with Gasteiger partial charge in [0, 0.05) is 25.6 Å². The highest BCUT2D eigenvalue weighted by molar-refractivity contribution is 5.76. The predicted molar refractivity (Wildman–Crippen MR) is 87.3 cm³/mol. The molecule has 122 valence electrons. The van der Waals surface area contributed by atoms with Crippen LogP contribution in [0.5, 0.6) is 0 Å². The monoisotopic (exact) mass is 315 g/mol. The number of amides is 1. The molecule has 1 aromatic carbocycles. The Labute approximate surface area is 134 Å². The van der Waals surface area contributed by atoms with E-state index in [1.165, 1.54) is 0 Å². The molecule has 1 fully saturated rings. The molecule has 0 radical (unpaired) electrons. The molecule has 0 aliphatic carbocycles. The van der Waals surface area contributed by atoms with E-state index in [1.54, 1.807) is 21.9 Å². The molecule has 3 rings (SSSR count). The van der Waals surface area contributed by atoms with Gasteiger partial charge in [0.1, 0.15) is 5.60 Å². The summed E-state index contributed by atoms with van der Waals surface area (Å²) in [6.07, 6.45) is 1.29. The third kappa shape index (κ3) is 3.36. The summed E-state index contributed by atoms with van der Waals surface area (Å²) in [6.45, 7) is 7.33. The van der Waals surface area contributed by atoms with Crippen molar-refractivity contribution >= 4 is 17.0 Å². The van der Waals surface area contributed by atoms with Crippen LogP contribution in [0.15, 0.2) is 35.4 Å². The van der Waals surface area contributed by atoms with Crippen molar-refractivity contribution in [1.82, 2.24) is 14.5 Å². The van der Waals surface area contributed by atoms with Gasteiger partial charge < -0.3 is 9.64 Å². The molecule has 0 unspecified atom stereocenters. The number of carbonyl (C=O) groups is 1. The largest absolute Gasteiger partial charge is 0.444 e. The number of rotatable bonds is 2. The highest BCUT2D eigenvalue weighted by Crippen LogP contribution is 2.20. The van der Waals surface area contributed by atoms with E-state index in [9.17, 15) is 9.59 Å². The van der Waals surface area contributed by atoms with E-state index in [2.05, 4.69) is 4.98 Å². The number of aromatic nitrogens is 2. The van der Waals surface area contributed by atoms with Gasteiger partial charge >= 0.3 is 6.09 Å². The Balaban J connectivity index is 1.63. The molecule has 1 aliphatic rings. The molecular weight excluding hydrogens is 294 g/mol. The lowest BCUT2D eigenvalue weighted by atomic mass is 10.0. The van der Waals surface area contributed by atoms with Crippen molar-refractivity contribution in [3.63, 3.8) is 0 Å². The Morgan fingerprint density at radius 1 is 1.30 bits per heavy atom. The van der Waals surface area contributed by atoms with Gasteiger partial charge in [-0.15, -0.1) is 0 Å². The molecule has 0 bridgehead atoms. The molecule has 1 aliphatic heterocycles. The number of para-hydroxylation sites is 1. The van der Waals surface area contributed by atoms with Gasteiger partial charge in [-0.2, -0.15) is 0 Å². The Morgan fingerprint density at radius 2 is 2.00 bits per heavy atom. The van der Waals surface area contributed by atoms with E-state index >= 15 is 0 Å². The number of carbonyl (C=O) groups excluding carboxylic acids is 1. The molecule has 6 heteroatoms. The molecule has 1 aromatic heterocycles. The number of fused-ring (bicyclic) bond motifs is 1. The number of nitrogens with zero attached hydrogens (tertiary/aromatic N) is 3. The first-order valence-electron chi connectivity index (χ1n) is 7.75. The van der Waals surface area contributed by atoms with Crippen molar-refractivity contribution in [1.29, 1.82) is 0 Å². The highest BCUT2D eigenvalue weighted by atomic mass is 16.6. The van der Waals surface area contributed by atoms with Gasteiger partial charge in [0.2, 0.25) is 0 Å². The first-order valence-corrected chi connectivity index (χ1v) is 7.75. The standard InChI is InChI=1S/C17H21N3O3/c1-17(2,3)23-16(22)19-8-12(9-19)10-20-11-18-14-7-5-4-6-13(14)15(20)21/h4-7,11-12H,8-10H2,1-3H3. The van der Waals surface area contributed by atoms with Gasteiger partial charge in [-0.05, 0) is 32.9 Å². The Hall–Kier alpha value is -2.37. The second-order valence-electron chi connectivity index (χ2n) is 6.97. The quantitative estimate of drug-likeness (QED) is 0.853. The summed E-state index contributed by atoms with van der Waals surface area (Å²) < 4.78 is 6.95. The molecule has 0 spiro atoms. The molecule has 6 nitrogen and oxygen atoms in total. The summed E-state index contributed by atoms with van der Waals surface area (Å²) in [6, 6.07) is 7.32. The van der Waals surface area contributed by atoms with Crippen LogP contribution < -0.4 is 5.56 Å². The average Bonchev–Trinajstić information content (AvgIpc) is 2.42. The Morgan fingerprint density at radius 3 is 2.70 bits per heavy atom. The number of hydrogen-bond donors (Lipinski definition) is 0. The number of likely N-dealkylation sites (tertiary alicyclic amines) is 1. The van der Waals surface area contributed by atoms with Crippen LogP contribution in [-0.2, 0) is 11.3 Å². The first kappa shape index (κ1) is 15.5. The molecule has 2 heterocycles. The normalized spacial score (nSPS) is 15.5. The maximum atomic E-state index is 12.4. The van der Waals surface area contributed by atoms with Gasteiger partial charge in [0.25, 0.3) is 5.56 Å². The molecule has 1 saturated heterocycles. The number of hydrogen-bond acceptors (Lipinski definition) is 4. The second-order valence-corrected chi connectivity index (χ2v) is 6.97. The van der Waals surface area contributed by atoms with Gasteiger partial charge in [0.05, 0.1) is 17.2 Å². The molecule has 0 N–H and O–H groups in total. The molecule has 1 amide bonds. The van der Waals surface area contributed by atoms with E-state index in [4.69, 9.17) is 4.74 Å². The van der Waals surface area contributed by atoms with Crippen LogP contribution in [0.25, 0.3) is 10.9 Å². The predicted octanol–water partition coefficient (Wildman–Crippen LogP) is 2.26. The summed E-state index contributed by atoms with van der Waals surface area (Å²) in [5.41, 5.74) is 0.186. The van der Waals surface area contributed by atoms with Crippen molar-refractivity contribution in [3.8, 4) is 0 Å². The summed E-state index contributed by atoms with van der Waals surface area (Å²) in [5, 5.41) is 0.623. The van der Waals surface area contributed by atoms with Crippen molar-refractivity contribution in [2.24, 2.45) is 5.92 Å². The van der Waals surface area contributed by atoms with E-state index < -0.39 is 5.60 Å². The lowest BCUT2D eigenvalue weighted by Crippen LogP contribution is -2.53. The van der Waals surface area contributed by atoms with Crippen molar-refractivity contribution in [3.05, 3.63) is 40.9 Å². The summed E-state index contributed by atoms with van der Waals surface area (Å²) in [7, 11) is 0. The van der Waals surface area contributed by atoms with E-state index in [0.29, 0.717) is 30.5 Å². The van der Waals surface area contributed by atoms with Gasteiger partial charge in [-0.3, -0.25) is 9.36 Å². The SMILES string of the molecule is CC(C)(C)OC(=O)N1CC(Cn2cnc3ccccc3c2=O)C1. The molecular formula is C17H21N3O3. The molecule has 0 atom stereocenters. The fourth-order valence-corrected chi connectivity index (χ4v) is 2.68. The Kier molecular flexibility index (Phi) is 3.83. The van der Waals surface area contributed by atoms with Gasteiger partial charge in [0.15, 0.2) is 0 Å². The topological polar surface area (TPSA) is 64.4 Å². The minimum atomic E-state index is -0.485. The lowest BCUT2D eigenvalue weighted by molar-refractivity contribution is -0.00348. The van der Waals surface area contributed by atoms with E-state index in [0.717, 1.165) is 0 Å². The summed E-state index contributed by atoms with van der Waals surface area (Å²) in [4.78, 5) is 30.3. The fourth-order valence-electron chi connectivity index (χ4n) is 2.68. The van der Waals surface area contributed by atoms with Crippen LogP contribution in [0.3, 0.4) is 0 Å².